The van der Waals surface area contributed by atoms with Crippen LogP contribution in [-0.2, 0) is 17.6 Å². The first kappa shape index (κ1) is 19.2. The van der Waals surface area contributed by atoms with Crippen molar-refractivity contribution in [3.8, 4) is 11.5 Å². The molecule has 0 saturated heterocycles. The van der Waals surface area contributed by atoms with Crippen LogP contribution < -0.4 is 10.1 Å². The Bertz CT molecular complexity index is 1040. The van der Waals surface area contributed by atoms with Crippen LogP contribution in [0.15, 0.2) is 54.6 Å². The quantitative estimate of drug-likeness (QED) is 0.551. The standard InChI is InChI=1S/C23H21NO4S/c1-2-27-23(26)20-18-12-7-13-19(18)29-22(20)24-21(25)15-8-6-11-17(14-15)28-16-9-4-3-5-10-16/h3-6,8-11,14H,2,7,12-13H2,1H3,(H,24,25). The van der Waals surface area contributed by atoms with Crippen molar-refractivity contribution in [1.29, 1.82) is 0 Å². The lowest BCUT2D eigenvalue weighted by Gasteiger charge is -2.10. The molecule has 1 N–H and O–H groups in total. The molecule has 1 aliphatic rings. The summed E-state index contributed by atoms with van der Waals surface area (Å²) >= 11 is 1.47. The van der Waals surface area contributed by atoms with E-state index in [1.165, 1.54) is 11.3 Å². The van der Waals surface area contributed by atoms with E-state index in [-0.39, 0.29) is 11.9 Å². The van der Waals surface area contributed by atoms with Crippen molar-refractivity contribution in [3.63, 3.8) is 0 Å². The fourth-order valence-electron chi connectivity index (χ4n) is 3.41. The first-order valence-electron chi connectivity index (χ1n) is 9.61. The van der Waals surface area contributed by atoms with Crippen molar-refractivity contribution in [3.05, 3.63) is 76.2 Å². The lowest BCUT2D eigenvalue weighted by atomic mass is 10.1. The maximum absolute atomic E-state index is 12.9. The highest BCUT2D eigenvalue weighted by Gasteiger charge is 2.28. The Balaban J connectivity index is 1.56. The number of para-hydroxylation sites is 1. The Hall–Kier alpha value is -3.12. The van der Waals surface area contributed by atoms with Crippen molar-refractivity contribution in [2.24, 2.45) is 0 Å². The third-order valence-corrected chi connectivity index (χ3v) is 5.91. The molecular formula is C23H21NO4S. The van der Waals surface area contributed by atoms with Crippen molar-refractivity contribution in [2.75, 3.05) is 11.9 Å². The lowest BCUT2D eigenvalue weighted by Crippen LogP contribution is -2.15. The highest BCUT2D eigenvalue weighted by Crippen LogP contribution is 2.39. The molecule has 0 spiro atoms. The van der Waals surface area contributed by atoms with E-state index in [1.807, 2.05) is 30.3 Å². The molecule has 2 aromatic carbocycles. The fourth-order valence-corrected chi connectivity index (χ4v) is 4.68. The summed E-state index contributed by atoms with van der Waals surface area (Å²) in [5, 5.41) is 3.47. The summed E-state index contributed by atoms with van der Waals surface area (Å²) in [7, 11) is 0. The predicted octanol–water partition coefficient (Wildman–Crippen LogP) is 5.46. The normalized spacial score (nSPS) is 12.3. The third-order valence-electron chi connectivity index (χ3n) is 4.70. The van der Waals surface area contributed by atoms with Crippen molar-refractivity contribution in [1.82, 2.24) is 0 Å². The summed E-state index contributed by atoms with van der Waals surface area (Å²) in [5.74, 6) is 0.616. The Morgan fingerprint density at radius 1 is 1.03 bits per heavy atom. The molecule has 6 heteroatoms. The van der Waals surface area contributed by atoms with E-state index < -0.39 is 0 Å². The maximum atomic E-state index is 12.9. The minimum absolute atomic E-state index is 0.283. The molecule has 0 radical (unpaired) electrons. The summed E-state index contributed by atoms with van der Waals surface area (Å²) in [6.45, 7) is 2.08. The first-order valence-corrected chi connectivity index (χ1v) is 10.4. The van der Waals surface area contributed by atoms with E-state index in [0.29, 0.717) is 34.2 Å². The maximum Gasteiger partial charge on any atom is 0.341 e. The molecule has 0 atom stereocenters. The lowest BCUT2D eigenvalue weighted by molar-refractivity contribution is 0.0527. The molecular weight excluding hydrogens is 386 g/mol. The highest BCUT2D eigenvalue weighted by atomic mass is 32.1. The Morgan fingerprint density at radius 2 is 1.83 bits per heavy atom. The molecule has 0 unspecified atom stereocenters. The number of hydrogen-bond acceptors (Lipinski definition) is 5. The van der Waals surface area contributed by atoms with Gasteiger partial charge in [0.15, 0.2) is 0 Å². The second kappa shape index (κ2) is 8.49. The zero-order valence-corrected chi connectivity index (χ0v) is 16.9. The number of carbonyl (C=O) groups excluding carboxylic acids is 2. The second-order valence-electron chi connectivity index (χ2n) is 6.68. The molecule has 0 bridgehead atoms. The van der Waals surface area contributed by atoms with E-state index in [9.17, 15) is 9.59 Å². The number of rotatable bonds is 6. The zero-order chi connectivity index (χ0) is 20.2. The number of hydrogen-bond donors (Lipinski definition) is 1. The van der Waals surface area contributed by atoms with Gasteiger partial charge in [-0.1, -0.05) is 24.3 Å². The summed E-state index contributed by atoms with van der Waals surface area (Å²) in [5.41, 5.74) is 1.99. The van der Waals surface area contributed by atoms with Gasteiger partial charge in [-0.05, 0) is 62.1 Å². The monoisotopic (exact) mass is 407 g/mol. The smallest absolute Gasteiger partial charge is 0.341 e. The van der Waals surface area contributed by atoms with Gasteiger partial charge in [-0.2, -0.15) is 0 Å². The average Bonchev–Trinajstić information content (AvgIpc) is 3.30. The molecule has 1 aliphatic carbocycles. The number of carbonyl (C=O) groups is 2. The van der Waals surface area contributed by atoms with Crippen LogP contribution in [0.5, 0.6) is 11.5 Å². The number of thiophene rings is 1. The van der Waals surface area contributed by atoms with E-state index in [1.54, 1.807) is 31.2 Å². The van der Waals surface area contributed by atoms with Crippen LogP contribution in [0.3, 0.4) is 0 Å². The van der Waals surface area contributed by atoms with Crippen LogP contribution in [0.25, 0.3) is 0 Å². The summed E-state index contributed by atoms with van der Waals surface area (Å²) < 4.78 is 11.0. The Morgan fingerprint density at radius 3 is 2.62 bits per heavy atom. The molecule has 0 fully saturated rings. The number of nitrogens with one attached hydrogen (secondary N) is 1. The van der Waals surface area contributed by atoms with Gasteiger partial charge in [0.1, 0.15) is 16.5 Å². The molecule has 1 amide bonds. The number of amides is 1. The van der Waals surface area contributed by atoms with Gasteiger partial charge in [0.2, 0.25) is 0 Å². The SMILES string of the molecule is CCOC(=O)c1c(NC(=O)c2cccc(Oc3ccccc3)c2)sc2c1CCC2. The average molecular weight is 407 g/mol. The van der Waals surface area contributed by atoms with Crippen LogP contribution in [0.2, 0.25) is 0 Å². The minimum atomic E-state index is -0.372. The Labute approximate surface area is 173 Å². The van der Waals surface area contributed by atoms with Crippen molar-refractivity contribution >= 4 is 28.2 Å². The van der Waals surface area contributed by atoms with Crippen LogP contribution in [-0.4, -0.2) is 18.5 Å². The van der Waals surface area contributed by atoms with Gasteiger partial charge in [0.05, 0.1) is 12.2 Å². The number of benzene rings is 2. The van der Waals surface area contributed by atoms with Gasteiger partial charge in [0, 0.05) is 10.4 Å². The summed E-state index contributed by atoms with van der Waals surface area (Å²) in [6, 6.07) is 16.4. The van der Waals surface area contributed by atoms with E-state index in [2.05, 4.69) is 5.32 Å². The van der Waals surface area contributed by atoms with Crippen molar-refractivity contribution < 1.29 is 19.1 Å². The second-order valence-corrected chi connectivity index (χ2v) is 7.78. The molecule has 3 aromatic rings. The minimum Gasteiger partial charge on any atom is -0.462 e. The predicted molar refractivity (Wildman–Crippen MR) is 113 cm³/mol. The molecule has 4 rings (SSSR count). The number of esters is 1. The van der Waals surface area contributed by atoms with Gasteiger partial charge in [-0.25, -0.2) is 4.79 Å². The first-order chi connectivity index (χ1) is 14.2. The highest BCUT2D eigenvalue weighted by molar-refractivity contribution is 7.17. The van der Waals surface area contributed by atoms with E-state index >= 15 is 0 Å². The van der Waals surface area contributed by atoms with Crippen LogP contribution in [0.4, 0.5) is 5.00 Å². The largest absolute Gasteiger partial charge is 0.462 e. The molecule has 5 nitrogen and oxygen atoms in total. The number of anilines is 1. The fraction of sp³-hybridized carbons (Fsp3) is 0.217. The van der Waals surface area contributed by atoms with Gasteiger partial charge in [-0.3, -0.25) is 4.79 Å². The molecule has 1 aromatic heterocycles. The summed E-state index contributed by atoms with van der Waals surface area (Å²) in [6.07, 6.45) is 2.81. The Kier molecular flexibility index (Phi) is 5.62. The van der Waals surface area contributed by atoms with Crippen LogP contribution >= 0.6 is 11.3 Å². The van der Waals surface area contributed by atoms with Gasteiger partial charge in [-0.15, -0.1) is 11.3 Å². The van der Waals surface area contributed by atoms with Crippen LogP contribution in [0, 0.1) is 0 Å². The molecule has 1 heterocycles. The number of fused-ring (bicyclic) bond motifs is 1. The number of ether oxygens (including phenoxy) is 2. The molecule has 29 heavy (non-hydrogen) atoms. The molecule has 148 valence electrons. The van der Waals surface area contributed by atoms with Crippen LogP contribution in [0.1, 0.15) is 44.5 Å². The van der Waals surface area contributed by atoms with E-state index in [0.717, 1.165) is 29.7 Å². The summed E-state index contributed by atoms with van der Waals surface area (Å²) in [4.78, 5) is 26.5. The molecule has 0 saturated carbocycles. The molecule has 0 aliphatic heterocycles. The number of aryl methyl sites for hydroxylation is 1. The van der Waals surface area contributed by atoms with E-state index in [4.69, 9.17) is 9.47 Å². The van der Waals surface area contributed by atoms with Crippen molar-refractivity contribution in [2.45, 2.75) is 26.2 Å². The third kappa shape index (κ3) is 4.17. The zero-order valence-electron chi connectivity index (χ0n) is 16.1. The van der Waals surface area contributed by atoms with Gasteiger partial charge >= 0.3 is 5.97 Å². The van der Waals surface area contributed by atoms with Gasteiger partial charge < -0.3 is 14.8 Å². The topological polar surface area (TPSA) is 64.6 Å². The van der Waals surface area contributed by atoms with Gasteiger partial charge in [0.25, 0.3) is 5.91 Å².